The molecule has 0 aliphatic carbocycles. The molecular formula is C25H33N5OS. The third kappa shape index (κ3) is 4.96. The number of ether oxygens (including phenoxy) is 1. The lowest BCUT2D eigenvalue weighted by Gasteiger charge is -2.33. The summed E-state index contributed by atoms with van der Waals surface area (Å²) in [7, 11) is 0. The lowest BCUT2D eigenvalue weighted by Crippen LogP contribution is -2.41. The topological polar surface area (TPSA) is 53.5 Å². The molecule has 32 heavy (non-hydrogen) atoms. The molecule has 1 atom stereocenters. The number of rotatable bonds is 6. The Hall–Kier alpha value is -2.06. The molecule has 4 heterocycles. The molecule has 2 aliphatic heterocycles. The summed E-state index contributed by atoms with van der Waals surface area (Å²) in [6.45, 7) is 11.9. The van der Waals surface area contributed by atoms with Crippen LogP contribution in [-0.4, -0.2) is 65.2 Å². The van der Waals surface area contributed by atoms with E-state index in [4.69, 9.17) is 14.7 Å². The van der Waals surface area contributed by atoms with Crippen LogP contribution in [0.15, 0.2) is 30.3 Å². The third-order valence-corrected chi connectivity index (χ3v) is 7.74. The number of nitrogens with zero attached hydrogens (tertiary/aromatic N) is 4. The largest absolute Gasteiger partial charge is 0.379 e. The second-order valence-corrected chi connectivity index (χ2v) is 10.2. The summed E-state index contributed by atoms with van der Waals surface area (Å²) in [5, 5.41) is 5.05. The first-order valence-corrected chi connectivity index (χ1v) is 12.6. The van der Waals surface area contributed by atoms with Crippen molar-refractivity contribution in [2.75, 3.05) is 44.7 Å². The first-order chi connectivity index (χ1) is 15.7. The Balaban J connectivity index is 1.36. The number of nitrogens with one attached hydrogen (secondary N) is 1. The maximum Gasteiger partial charge on any atom is 0.146 e. The van der Waals surface area contributed by atoms with E-state index in [1.54, 1.807) is 11.3 Å². The minimum atomic E-state index is 0.404. The Kier molecular flexibility index (Phi) is 6.69. The van der Waals surface area contributed by atoms with Gasteiger partial charge in [0.25, 0.3) is 0 Å². The third-order valence-electron chi connectivity index (χ3n) is 6.64. The van der Waals surface area contributed by atoms with Gasteiger partial charge in [-0.25, -0.2) is 9.97 Å². The second-order valence-electron chi connectivity index (χ2n) is 9.04. The van der Waals surface area contributed by atoms with Gasteiger partial charge in [0.2, 0.25) is 0 Å². The van der Waals surface area contributed by atoms with Crippen molar-refractivity contribution in [3.63, 3.8) is 0 Å². The van der Waals surface area contributed by atoms with Gasteiger partial charge in [0, 0.05) is 37.1 Å². The molecule has 0 bridgehead atoms. The molecule has 0 saturated carbocycles. The van der Waals surface area contributed by atoms with Crippen molar-refractivity contribution in [2.45, 2.75) is 45.8 Å². The number of aromatic nitrogens is 2. The highest BCUT2D eigenvalue weighted by atomic mass is 32.1. The molecule has 5 rings (SSSR count). The molecule has 170 valence electrons. The van der Waals surface area contributed by atoms with E-state index >= 15 is 0 Å². The van der Waals surface area contributed by atoms with Crippen molar-refractivity contribution in [2.24, 2.45) is 0 Å². The minimum Gasteiger partial charge on any atom is -0.379 e. The van der Waals surface area contributed by atoms with Gasteiger partial charge in [-0.3, -0.25) is 9.80 Å². The average molecular weight is 452 g/mol. The quantitative estimate of drug-likeness (QED) is 0.606. The number of hydrogen-bond acceptors (Lipinski definition) is 7. The zero-order valence-corrected chi connectivity index (χ0v) is 20.0. The van der Waals surface area contributed by atoms with Gasteiger partial charge in [-0.1, -0.05) is 30.3 Å². The highest BCUT2D eigenvalue weighted by Gasteiger charge is 2.23. The summed E-state index contributed by atoms with van der Waals surface area (Å²) in [5.74, 6) is 1.94. The van der Waals surface area contributed by atoms with E-state index < -0.39 is 0 Å². The molecule has 0 radical (unpaired) electrons. The molecule has 2 saturated heterocycles. The molecule has 0 spiro atoms. The van der Waals surface area contributed by atoms with Gasteiger partial charge in [0.15, 0.2) is 0 Å². The van der Waals surface area contributed by atoms with Gasteiger partial charge in [0.05, 0.1) is 25.1 Å². The lowest BCUT2D eigenvalue weighted by atomic mass is 10.0. The van der Waals surface area contributed by atoms with Gasteiger partial charge >= 0.3 is 0 Å². The molecule has 1 N–H and O–H groups in total. The summed E-state index contributed by atoms with van der Waals surface area (Å²) in [5.41, 5.74) is 2.69. The van der Waals surface area contributed by atoms with Crippen LogP contribution < -0.4 is 5.32 Å². The van der Waals surface area contributed by atoms with Crippen molar-refractivity contribution in [1.29, 1.82) is 0 Å². The number of likely N-dealkylation sites (tertiary alicyclic amines) is 1. The van der Waals surface area contributed by atoms with E-state index in [-0.39, 0.29) is 0 Å². The van der Waals surface area contributed by atoms with Gasteiger partial charge in [-0.05, 0) is 44.4 Å². The van der Waals surface area contributed by atoms with Crippen LogP contribution in [0.4, 0.5) is 5.82 Å². The van der Waals surface area contributed by atoms with Crippen LogP contribution in [-0.2, 0) is 17.8 Å². The number of fused-ring (bicyclic) bond motifs is 1. The Labute approximate surface area is 194 Å². The molecule has 6 nitrogen and oxygen atoms in total. The average Bonchev–Trinajstić information content (AvgIpc) is 3.09. The fourth-order valence-corrected chi connectivity index (χ4v) is 5.83. The highest BCUT2D eigenvalue weighted by molar-refractivity contribution is 7.18. The van der Waals surface area contributed by atoms with E-state index in [1.807, 2.05) is 0 Å². The molecule has 1 unspecified atom stereocenters. The first kappa shape index (κ1) is 21.8. The van der Waals surface area contributed by atoms with Crippen molar-refractivity contribution in [1.82, 2.24) is 19.8 Å². The Morgan fingerprint density at radius 3 is 2.66 bits per heavy atom. The molecule has 0 amide bonds. The number of morpholine rings is 1. The number of aryl methyl sites for hydroxylation is 2. The molecule has 1 aromatic carbocycles. The lowest BCUT2D eigenvalue weighted by molar-refractivity contribution is 0.0331. The zero-order valence-electron chi connectivity index (χ0n) is 19.1. The van der Waals surface area contributed by atoms with E-state index in [0.29, 0.717) is 6.04 Å². The van der Waals surface area contributed by atoms with E-state index in [1.165, 1.54) is 34.2 Å². The second kappa shape index (κ2) is 9.83. The summed E-state index contributed by atoms with van der Waals surface area (Å²) >= 11 is 1.79. The molecule has 7 heteroatoms. The Bertz CT molecular complexity index is 1050. The van der Waals surface area contributed by atoms with E-state index in [2.05, 4.69) is 59.3 Å². The van der Waals surface area contributed by atoms with Gasteiger partial charge in [0.1, 0.15) is 16.5 Å². The highest BCUT2D eigenvalue weighted by Crippen LogP contribution is 2.34. The number of thiophene rings is 1. The zero-order chi connectivity index (χ0) is 21.9. The Morgan fingerprint density at radius 2 is 1.84 bits per heavy atom. The molecule has 2 aromatic heterocycles. The van der Waals surface area contributed by atoms with Crippen molar-refractivity contribution in [3.05, 3.63) is 52.2 Å². The number of hydrogen-bond donors (Lipinski definition) is 1. The normalized spacial score (nSPS) is 20.6. The monoisotopic (exact) mass is 451 g/mol. The summed E-state index contributed by atoms with van der Waals surface area (Å²) in [6.07, 6.45) is 2.39. The van der Waals surface area contributed by atoms with Crippen LogP contribution in [0.25, 0.3) is 10.2 Å². The summed E-state index contributed by atoms with van der Waals surface area (Å²) in [4.78, 5) is 17.4. The predicted molar refractivity (Wildman–Crippen MR) is 131 cm³/mol. The predicted octanol–water partition coefficient (Wildman–Crippen LogP) is 4.22. The number of piperidine rings is 1. The van der Waals surface area contributed by atoms with Crippen LogP contribution in [0.1, 0.15) is 34.7 Å². The molecule has 2 fully saturated rings. The minimum absolute atomic E-state index is 0.404. The summed E-state index contributed by atoms with van der Waals surface area (Å²) in [6, 6.07) is 11.2. The van der Waals surface area contributed by atoms with Crippen LogP contribution in [0.3, 0.4) is 0 Å². The Morgan fingerprint density at radius 1 is 1.03 bits per heavy atom. The smallest absolute Gasteiger partial charge is 0.146 e. The number of benzene rings is 1. The maximum absolute atomic E-state index is 5.51. The van der Waals surface area contributed by atoms with Gasteiger partial charge < -0.3 is 10.1 Å². The van der Waals surface area contributed by atoms with Crippen LogP contribution in [0, 0.1) is 13.8 Å². The molecule has 3 aromatic rings. The fraction of sp³-hybridized carbons (Fsp3) is 0.520. The number of anilines is 1. The standard InChI is InChI=1S/C25H33N5OS/c1-18-19(2)32-25-23(18)24(27-22(28-25)17-29-11-13-31-14-12-29)26-21-9-6-10-30(16-21)15-20-7-4-3-5-8-20/h3-5,7-8,21H,6,9-17H2,1-2H3,(H,26,27,28). The molecular weight excluding hydrogens is 418 g/mol. The van der Waals surface area contributed by atoms with Crippen molar-refractivity contribution >= 4 is 27.4 Å². The van der Waals surface area contributed by atoms with Crippen LogP contribution >= 0.6 is 11.3 Å². The van der Waals surface area contributed by atoms with Gasteiger partial charge in [-0.15, -0.1) is 11.3 Å². The van der Waals surface area contributed by atoms with E-state index in [9.17, 15) is 0 Å². The van der Waals surface area contributed by atoms with Crippen molar-refractivity contribution < 1.29 is 4.74 Å². The summed E-state index contributed by atoms with van der Waals surface area (Å²) < 4.78 is 5.51. The fourth-order valence-electron chi connectivity index (χ4n) is 4.78. The SMILES string of the molecule is Cc1sc2nc(CN3CCOCC3)nc(NC3CCCN(Cc4ccccc4)C3)c2c1C. The van der Waals surface area contributed by atoms with E-state index in [0.717, 1.165) is 69.0 Å². The maximum atomic E-state index is 5.51. The van der Waals surface area contributed by atoms with Crippen molar-refractivity contribution in [3.8, 4) is 0 Å². The molecule has 2 aliphatic rings. The first-order valence-electron chi connectivity index (χ1n) is 11.8. The van der Waals surface area contributed by atoms with Crippen LogP contribution in [0.5, 0.6) is 0 Å². The van der Waals surface area contributed by atoms with Gasteiger partial charge in [-0.2, -0.15) is 0 Å². The van der Waals surface area contributed by atoms with Crippen LogP contribution in [0.2, 0.25) is 0 Å².